The Morgan fingerprint density at radius 1 is 1.26 bits per heavy atom. The second kappa shape index (κ2) is 9.54. The minimum absolute atomic E-state index is 0.0773. The van der Waals surface area contributed by atoms with E-state index in [2.05, 4.69) is 20.0 Å². The normalized spacial score (nSPS) is 13.6. The van der Waals surface area contributed by atoms with Crippen molar-refractivity contribution < 1.29 is 23.4 Å². The molecule has 0 atom stereocenters. The highest BCUT2D eigenvalue weighted by Crippen LogP contribution is 2.42. The summed E-state index contributed by atoms with van der Waals surface area (Å²) in [4.78, 5) is 25.7. The molecule has 0 bridgehead atoms. The van der Waals surface area contributed by atoms with Crippen LogP contribution in [0, 0.1) is 17.2 Å². The van der Waals surface area contributed by atoms with E-state index in [4.69, 9.17) is 21.9 Å². The van der Waals surface area contributed by atoms with Crippen molar-refractivity contribution in [3.05, 3.63) is 46.7 Å². The predicted molar refractivity (Wildman–Crippen MR) is 117 cm³/mol. The Labute approximate surface area is 197 Å². The van der Waals surface area contributed by atoms with Crippen molar-refractivity contribution >= 4 is 34.4 Å². The standard InChI is InChI=1S/C21H18ClF2N7O3/c1-34-14-4-2-3-13(23)17(14)16-12(22)9-11-19(18(16)24)27-15(10-26-29-25)28-20(11)30-5-7-31(8-6-30)21(32)33/h2-4,9,25H,5-8,10H2,1H3. The predicted octanol–water partition coefficient (Wildman–Crippen LogP) is 2.75. The van der Waals surface area contributed by atoms with Gasteiger partial charge in [0.1, 0.15) is 39.6 Å². The Hall–Kier alpha value is -3.89. The number of methoxy groups -OCH3 is 1. The Bertz CT molecular complexity index is 1330. The Balaban J connectivity index is 1.93. The number of nitrogens with one attached hydrogen (secondary N) is 1. The average molecular weight is 490 g/mol. The average Bonchev–Trinajstić information content (AvgIpc) is 2.83. The molecular weight excluding hydrogens is 472 g/mol. The first kappa shape index (κ1) is 23.3. The fourth-order valence-electron chi connectivity index (χ4n) is 3.88. The summed E-state index contributed by atoms with van der Waals surface area (Å²) in [6.45, 7) is 0.668. The maximum atomic E-state index is 15.9. The lowest BCUT2D eigenvalue weighted by atomic mass is 10.0. The highest BCUT2D eigenvalue weighted by Gasteiger charge is 2.27. The van der Waals surface area contributed by atoms with Gasteiger partial charge in [-0.3, -0.25) is 0 Å². The first-order chi connectivity index (χ1) is 16.3. The molecule has 0 radical (unpaired) electrons. The van der Waals surface area contributed by atoms with E-state index in [1.165, 1.54) is 31.4 Å². The van der Waals surface area contributed by atoms with Gasteiger partial charge in [0.15, 0.2) is 18.2 Å². The SMILES string of the molecule is COc1cccc(F)c1-c1c(Cl)cc2c(N3CCN(C(=O)[O-])CC3)nc(CN=[N+]=N)nc2c1F. The third-order valence-corrected chi connectivity index (χ3v) is 5.77. The van der Waals surface area contributed by atoms with Crippen molar-refractivity contribution in [3.63, 3.8) is 0 Å². The number of carboxylic acid groups (broad SMARTS) is 1. The van der Waals surface area contributed by atoms with E-state index in [1.807, 2.05) is 0 Å². The van der Waals surface area contributed by atoms with Crippen molar-refractivity contribution in [1.82, 2.24) is 19.8 Å². The van der Waals surface area contributed by atoms with Gasteiger partial charge >= 0.3 is 0 Å². The summed E-state index contributed by atoms with van der Waals surface area (Å²) in [5.74, 6) is -1.13. The van der Waals surface area contributed by atoms with Crippen molar-refractivity contribution in [3.8, 4) is 16.9 Å². The second-order valence-corrected chi connectivity index (χ2v) is 7.77. The van der Waals surface area contributed by atoms with E-state index in [0.717, 1.165) is 4.90 Å². The highest BCUT2D eigenvalue weighted by atomic mass is 35.5. The van der Waals surface area contributed by atoms with Crippen LogP contribution in [0.2, 0.25) is 5.02 Å². The number of rotatable bonds is 5. The number of aromatic nitrogens is 2. The molecule has 0 unspecified atom stereocenters. The van der Waals surface area contributed by atoms with Gasteiger partial charge in [0.25, 0.3) is 0 Å². The Morgan fingerprint density at radius 2 is 2.00 bits per heavy atom. The van der Waals surface area contributed by atoms with Crippen molar-refractivity contribution in [2.45, 2.75) is 6.54 Å². The van der Waals surface area contributed by atoms with Crippen molar-refractivity contribution in [1.29, 1.82) is 5.53 Å². The number of amides is 1. The summed E-state index contributed by atoms with van der Waals surface area (Å²) in [6, 6.07) is 5.53. The lowest BCUT2D eigenvalue weighted by Crippen LogP contribution is -2.53. The maximum absolute atomic E-state index is 15.9. The van der Waals surface area contributed by atoms with E-state index < -0.39 is 17.7 Å². The summed E-state index contributed by atoms with van der Waals surface area (Å²) in [7, 11) is 1.33. The number of benzene rings is 2. The fourth-order valence-corrected chi connectivity index (χ4v) is 4.17. The number of carbonyl (C=O) groups is 1. The molecule has 1 aliphatic rings. The smallest absolute Gasteiger partial charge is 0.214 e. The molecule has 3 aromatic rings. The molecule has 2 heterocycles. The number of halogens is 3. The molecule has 13 heteroatoms. The van der Waals surface area contributed by atoms with E-state index in [-0.39, 0.29) is 71.4 Å². The zero-order valence-electron chi connectivity index (χ0n) is 17.9. The van der Waals surface area contributed by atoms with Gasteiger partial charge in [0.2, 0.25) is 4.91 Å². The van der Waals surface area contributed by atoms with E-state index >= 15 is 4.39 Å². The number of ether oxygens (including phenoxy) is 1. The molecule has 1 saturated heterocycles. The molecule has 1 amide bonds. The molecule has 1 aromatic heterocycles. The summed E-state index contributed by atoms with van der Waals surface area (Å²) in [5.41, 5.74) is 6.39. The third kappa shape index (κ3) is 4.20. The van der Waals surface area contributed by atoms with Crippen molar-refractivity contribution in [2.24, 2.45) is 5.11 Å². The summed E-state index contributed by atoms with van der Waals surface area (Å²) < 4.78 is 35.9. The van der Waals surface area contributed by atoms with E-state index in [9.17, 15) is 14.3 Å². The molecule has 0 spiro atoms. The lowest BCUT2D eigenvalue weighted by molar-refractivity contribution is -0.265. The van der Waals surface area contributed by atoms with Gasteiger partial charge in [-0.2, -0.15) is 0 Å². The summed E-state index contributed by atoms with van der Waals surface area (Å²) >= 11 is 6.45. The van der Waals surface area contributed by atoms with Crippen LogP contribution < -0.4 is 19.7 Å². The largest absolute Gasteiger partial charge is 0.530 e. The number of anilines is 1. The molecule has 10 nitrogen and oxygen atoms in total. The molecular formula is C21H18ClF2N7O3. The topological polar surface area (TPSA) is 132 Å². The van der Waals surface area contributed by atoms with Gasteiger partial charge in [0.05, 0.1) is 17.7 Å². The van der Waals surface area contributed by atoms with Gasteiger partial charge in [-0.25, -0.2) is 18.7 Å². The minimum atomic E-state index is -1.28. The van der Waals surface area contributed by atoms with Gasteiger partial charge in [-0.1, -0.05) is 17.7 Å². The Morgan fingerprint density at radius 3 is 2.65 bits per heavy atom. The maximum Gasteiger partial charge on any atom is 0.214 e. The van der Waals surface area contributed by atoms with Crippen LogP contribution in [0.1, 0.15) is 5.82 Å². The summed E-state index contributed by atoms with van der Waals surface area (Å²) in [6.07, 6.45) is -1.28. The van der Waals surface area contributed by atoms with Crippen LogP contribution in [-0.2, 0) is 6.54 Å². The second-order valence-electron chi connectivity index (χ2n) is 7.36. The lowest BCUT2D eigenvalue weighted by Gasteiger charge is -2.37. The molecule has 1 N–H and O–H groups in total. The number of nitrogens with zero attached hydrogens (tertiary/aromatic N) is 6. The summed E-state index contributed by atoms with van der Waals surface area (Å²) in [5, 5.41) is 14.9. The van der Waals surface area contributed by atoms with Gasteiger partial charge < -0.3 is 24.4 Å². The first-order valence-corrected chi connectivity index (χ1v) is 10.5. The van der Waals surface area contributed by atoms with Crippen LogP contribution >= 0.6 is 11.6 Å². The molecule has 34 heavy (non-hydrogen) atoms. The molecule has 0 saturated carbocycles. The molecule has 176 valence electrons. The van der Waals surface area contributed by atoms with Crippen LogP contribution in [0.4, 0.5) is 19.4 Å². The molecule has 1 aliphatic heterocycles. The van der Waals surface area contributed by atoms with Gasteiger partial charge in [-0.15, -0.1) is 0 Å². The molecule has 4 rings (SSSR count). The molecule has 1 fully saturated rings. The molecule has 0 aliphatic carbocycles. The monoisotopic (exact) mass is 489 g/mol. The van der Waals surface area contributed by atoms with Crippen LogP contribution in [-0.4, -0.2) is 54.2 Å². The molecule has 2 aromatic carbocycles. The van der Waals surface area contributed by atoms with E-state index in [0.29, 0.717) is 5.82 Å². The fraction of sp³-hybridized carbons (Fsp3) is 0.286. The van der Waals surface area contributed by atoms with Crippen LogP contribution in [0.15, 0.2) is 29.4 Å². The van der Waals surface area contributed by atoms with Gasteiger partial charge in [-0.05, 0) is 18.2 Å². The quantitative estimate of drug-likeness (QED) is 0.433. The number of carbonyl (C=O) groups excluding carboxylic acids is 1. The zero-order chi connectivity index (χ0) is 24.4. The zero-order valence-corrected chi connectivity index (χ0v) is 18.6. The van der Waals surface area contributed by atoms with Crippen molar-refractivity contribution in [2.75, 3.05) is 38.2 Å². The minimum Gasteiger partial charge on any atom is -0.530 e. The van der Waals surface area contributed by atoms with Crippen LogP contribution in [0.5, 0.6) is 5.75 Å². The van der Waals surface area contributed by atoms with Gasteiger partial charge in [0, 0.05) is 37.1 Å². The van der Waals surface area contributed by atoms with Crippen LogP contribution in [0.3, 0.4) is 0 Å². The first-order valence-electron chi connectivity index (χ1n) is 10.1. The van der Waals surface area contributed by atoms with E-state index in [1.54, 1.807) is 4.90 Å². The highest BCUT2D eigenvalue weighted by molar-refractivity contribution is 6.34. The number of fused-ring (bicyclic) bond motifs is 1. The van der Waals surface area contributed by atoms with Crippen LogP contribution in [0.25, 0.3) is 22.0 Å². The Kier molecular flexibility index (Phi) is 6.53. The number of piperazine rings is 1. The number of hydrogen-bond donors (Lipinski definition) is 1. The number of hydrogen-bond acceptors (Lipinski definition) is 8. The third-order valence-electron chi connectivity index (χ3n) is 5.47.